The van der Waals surface area contributed by atoms with Crippen LogP contribution in [0.15, 0.2) is 12.2 Å². The molecule has 7 nitrogen and oxygen atoms in total. The third-order valence-electron chi connectivity index (χ3n) is 3.89. The molecule has 0 aromatic rings. The Hall–Kier alpha value is -2.31. The van der Waals surface area contributed by atoms with Crippen molar-refractivity contribution in [2.45, 2.75) is 54.0 Å². The quantitative estimate of drug-likeness (QED) is 0.630. The summed E-state index contributed by atoms with van der Waals surface area (Å²) in [4.78, 5) is 59.5. The van der Waals surface area contributed by atoms with Crippen molar-refractivity contribution in [3.8, 4) is 0 Å². The van der Waals surface area contributed by atoms with Gasteiger partial charge in [0.05, 0.1) is 6.04 Å². The second kappa shape index (κ2) is 9.86. The Morgan fingerprint density at radius 3 is 2.04 bits per heavy atom. The van der Waals surface area contributed by atoms with Crippen molar-refractivity contribution < 1.29 is 24.0 Å². The number of hydrogen-bond donors (Lipinski definition) is 1. The minimum absolute atomic E-state index is 0. The molecule has 0 aromatic heterocycles. The normalized spacial score (nSPS) is 15.8. The number of amides is 3. The van der Waals surface area contributed by atoms with Crippen LogP contribution in [0.5, 0.6) is 0 Å². The van der Waals surface area contributed by atoms with E-state index in [1.807, 2.05) is 0 Å². The molecule has 0 aliphatic carbocycles. The Kier molecular flexibility index (Phi) is 8.95. The Labute approximate surface area is 148 Å². The van der Waals surface area contributed by atoms with E-state index in [0.29, 0.717) is 0 Å². The monoisotopic (exact) mass is 352 g/mol. The molecule has 0 spiro atoms. The minimum atomic E-state index is -0.719. The van der Waals surface area contributed by atoms with Gasteiger partial charge in [-0.1, -0.05) is 28.2 Å². The van der Waals surface area contributed by atoms with E-state index in [2.05, 4.69) is 5.32 Å². The number of nitrogens with one attached hydrogen (secondary N) is 1. The van der Waals surface area contributed by atoms with Crippen LogP contribution in [0.25, 0.3) is 0 Å². The van der Waals surface area contributed by atoms with Gasteiger partial charge in [-0.05, 0) is 6.92 Å². The van der Waals surface area contributed by atoms with Crippen LogP contribution < -0.4 is 5.32 Å². The zero-order chi connectivity index (χ0) is 18.4. The number of ketones is 2. The predicted molar refractivity (Wildman–Crippen MR) is 93.4 cm³/mol. The molecule has 0 fully saturated rings. The lowest BCUT2D eigenvalue weighted by Gasteiger charge is -2.18. The molecule has 1 N–H and O–H groups in total. The SMILES string of the molecule is C.CC(C)C(=O)[C@H](C)CC(=O)[C@H](C)NC(=O)CCN1C(=O)C=CC1=O. The fraction of sp³-hybridized carbons (Fsp3) is 0.611. The van der Waals surface area contributed by atoms with Gasteiger partial charge in [0.1, 0.15) is 5.78 Å². The fourth-order valence-corrected chi connectivity index (χ4v) is 2.41. The van der Waals surface area contributed by atoms with Gasteiger partial charge in [-0.15, -0.1) is 0 Å². The Morgan fingerprint density at radius 2 is 1.56 bits per heavy atom. The summed E-state index contributed by atoms with van der Waals surface area (Å²) < 4.78 is 0. The van der Waals surface area contributed by atoms with Crippen molar-refractivity contribution >= 4 is 29.3 Å². The van der Waals surface area contributed by atoms with Crippen LogP contribution in [0.2, 0.25) is 0 Å². The number of hydrogen-bond acceptors (Lipinski definition) is 5. The van der Waals surface area contributed by atoms with Crippen LogP contribution in [-0.2, 0) is 24.0 Å². The van der Waals surface area contributed by atoms with Gasteiger partial charge in [0.25, 0.3) is 11.8 Å². The summed E-state index contributed by atoms with van der Waals surface area (Å²) in [7, 11) is 0. The van der Waals surface area contributed by atoms with Crippen LogP contribution in [-0.4, -0.2) is 46.8 Å². The third-order valence-corrected chi connectivity index (χ3v) is 3.89. The van der Waals surface area contributed by atoms with Gasteiger partial charge in [-0.3, -0.25) is 28.9 Å². The van der Waals surface area contributed by atoms with Crippen molar-refractivity contribution in [3.63, 3.8) is 0 Å². The first-order valence-electron chi connectivity index (χ1n) is 8.02. The molecule has 140 valence electrons. The van der Waals surface area contributed by atoms with E-state index < -0.39 is 23.8 Å². The standard InChI is InChI=1S/C17H24N2O5.CH4/c1-10(2)17(24)11(3)9-13(20)12(4)18-14(21)7-8-19-15(22)5-6-16(19)23;/h5-6,10-12H,7-9H2,1-4H3,(H,18,21);1H4/t11-,12+;/m1./s1. The highest BCUT2D eigenvalue weighted by molar-refractivity contribution is 6.13. The first-order chi connectivity index (χ1) is 11.1. The fourth-order valence-electron chi connectivity index (χ4n) is 2.41. The second-order valence-corrected chi connectivity index (χ2v) is 6.33. The molecule has 3 amide bonds. The number of nitrogens with zero attached hydrogens (tertiary/aromatic N) is 1. The van der Waals surface area contributed by atoms with Crippen molar-refractivity contribution in [1.82, 2.24) is 10.2 Å². The number of rotatable bonds is 9. The highest BCUT2D eigenvalue weighted by Gasteiger charge is 2.25. The van der Waals surface area contributed by atoms with Crippen molar-refractivity contribution in [2.75, 3.05) is 6.54 Å². The molecule has 1 heterocycles. The Balaban J connectivity index is 0.00000576. The van der Waals surface area contributed by atoms with Crippen LogP contribution >= 0.6 is 0 Å². The summed E-state index contributed by atoms with van der Waals surface area (Å²) >= 11 is 0. The number of Topliss-reactive ketones (excluding diaryl/α,β-unsaturated/α-hetero) is 2. The number of carbonyl (C=O) groups is 5. The van der Waals surface area contributed by atoms with Crippen LogP contribution in [0.3, 0.4) is 0 Å². The largest absolute Gasteiger partial charge is 0.347 e. The lowest BCUT2D eigenvalue weighted by molar-refractivity contribution is -0.137. The molecule has 0 bridgehead atoms. The van der Waals surface area contributed by atoms with E-state index in [4.69, 9.17) is 0 Å². The van der Waals surface area contributed by atoms with Crippen LogP contribution in [0, 0.1) is 11.8 Å². The lowest BCUT2D eigenvalue weighted by Crippen LogP contribution is -2.41. The predicted octanol–water partition coefficient (Wildman–Crippen LogP) is 1.26. The van der Waals surface area contributed by atoms with Gasteiger partial charge in [-0.2, -0.15) is 0 Å². The molecule has 25 heavy (non-hydrogen) atoms. The first kappa shape index (κ1) is 22.7. The summed E-state index contributed by atoms with van der Waals surface area (Å²) in [5.74, 6) is -2.05. The molecular weight excluding hydrogens is 324 g/mol. The molecule has 0 unspecified atom stereocenters. The molecule has 1 aliphatic rings. The molecule has 1 rings (SSSR count). The lowest BCUT2D eigenvalue weighted by atomic mass is 9.91. The molecule has 0 saturated carbocycles. The van der Waals surface area contributed by atoms with Crippen LogP contribution in [0.4, 0.5) is 0 Å². The molecule has 2 atom stereocenters. The first-order valence-corrected chi connectivity index (χ1v) is 8.02. The summed E-state index contributed by atoms with van der Waals surface area (Å²) in [5, 5.41) is 2.54. The summed E-state index contributed by atoms with van der Waals surface area (Å²) in [5.41, 5.74) is 0. The summed E-state index contributed by atoms with van der Waals surface area (Å²) in [6, 6.07) is -0.719. The summed E-state index contributed by atoms with van der Waals surface area (Å²) in [6.45, 7) is 6.79. The third kappa shape index (κ3) is 6.60. The molecule has 7 heteroatoms. The zero-order valence-electron chi connectivity index (χ0n) is 14.5. The van der Waals surface area contributed by atoms with Gasteiger partial charge in [0.2, 0.25) is 5.91 Å². The van der Waals surface area contributed by atoms with Crippen molar-refractivity contribution in [1.29, 1.82) is 0 Å². The van der Waals surface area contributed by atoms with E-state index in [0.717, 1.165) is 17.1 Å². The summed E-state index contributed by atoms with van der Waals surface area (Å²) in [6.07, 6.45) is 2.31. The average molecular weight is 352 g/mol. The smallest absolute Gasteiger partial charge is 0.253 e. The maximum atomic E-state index is 12.1. The maximum Gasteiger partial charge on any atom is 0.253 e. The minimum Gasteiger partial charge on any atom is -0.347 e. The van der Waals surface area contributed by atoms with Gasteiger partial charge < -0.3 is 5.32 Å². The Bertz CT molecular complexity index is 562. The second-order valence-electron chi connectivity index (χ2n) is 6.33. The number of imide groups is 1. The van der Waals surface area contributed by atoms with Gasteiger partial charge in [0.15, 0.2) is 5.78 Å². The van der Waals surface area contributed by atoms with Crippen molar-refractivity contribution in [3.05, 3.63) is 12.2 Å². The highest BCUT2D eigenvalue weighted by Crippen LogP contribution is 2.12. The van der Waals surface area contributed by atoms with Gasteiger partial charge >= 0.3 is 0 Å². The molecule has 0 aromatic carbocycles. The number of carbonyl (C=O) groups excluding carboxylic acids is 5. The van der Waals surface area contributed by atoms with Crippen molar-refractivity contribution in [2.24, 2.45) is 11.8 Å². The maximum absolute atomic E-state index is 12.1. The van der Waals surface area contributed by atoms with E-state index in [1.165, 1.54) is 0 Å². The molecule has 0 radical (unpaired) electrons. The molecule has 1 aliphatic heterocycles. The van der Waals surface area contributed by atoms with Gasteiger partial charge in [-0.25, -0.2) is 0 Å². The topological polar surface area (TPSA) is 101 Å². The van der Waals surface area contributed by atoms with E-state index in [9.17, 15) is 24.0 Å². The highest BCUT2D eigenvalue weighted by atomic mass is 16.2. The average Bonchev–Trinajstić information content (AvgIpc) is 2.82. The van der Waals surface area contributed by atoms with Gasteiger partial charge in [0, 0.05) is 43.4 Å². The zero-order valence-corrected chi connectivity index (χ0v) is 14.5. The molecule has 0 saturated heterocycles. The van der Waals surface area contributed by atoms with Crippen LogP contribution in [0.1, 0.15) is 48.0 Å². The van der Waals surface area contributed by atoms with E-state index >= 15 is 0 Å². The van der Waals surface area contributed by atoms with E-state index in [1.54, 1.807) is 27.7 Å². The molecular formula is C18H28N2O5. The Morgan fingerprint density at radius 1 is 1.04 bits per heavy atom. The van der Waals surface area contributed by atoms with E-state index in [-0.39, 0.29) is 50.2 Å².